The summed E-state index contributed by atoms with van der Waals surface area (Å²) in [6.45, 7) is 0. The number of amides is 1. The highest BCUT2D eigenvalue weighted by molar-refractivity contribution is 7.15. The average Bonchev–Trinajstić information content (AvgIpc) is 2.95. The van der Waals surface area contributed by atoms with Crippen molar-refractivity contribution in [1.29, 1.82) is 0 Å². The van der Waals surface area contributed by atoms with Crippen molar-refractivity contribution in [2.75, 3.05) is 5.32 Å². The first-order chi connectivity index (χ1) is 11.7. The number of anilines is 1. The highest BCUT2D eigenvalue weighted by Gasteiger charge is 2.36. The van der Waals surface area contributed by atoms with Crippen LogP contribution in [0.15, 0.2) is 23.1 Å². The second-order valence-corrected chi connectivity index (χ2v) is 5.68. The third-order valence-electron chi connectivity index (χ3n) is 3.03. The van der Waals surface area contributed by atoms with Crippen molar-refractivity contribution in [1.82, 2.24) is 15.2 Å². The standard InChI is InChI=1S/C13H5F5N4O2S/c14-4-1-6(15)8-7(2-4)19-3-5(9(8)23)10(24)20-12-22-21-11(25-12)13(16,17)18/h1-3H,(H,19,23)(H,20,22,24). The van der Waals surface area contributed by atoms with Crippen LogP contribution in [0.3, 0.4) is 0 Å². The van der Waals surface area contributed by atoms with Gasteiger partial charge in [0.25, 0.3) is 5.91 Å². The molecule has 0 aliphatic rings. The number of benzene rings is 1. The molecule has 3 rings (SSSR count). The second kappa shape index (κ2) is 5.88. The van der Waals surface area contributed by atoms with Crippen LogP contribution in [0.4, 0.5) is 27.1 Å². The molecule has 2 aromatic heterocycles. The SMILES string of the molecule is O=C(Nc1nnc(C(F)(F)F)s1)c1c[nH]c2cc(F)cc(F)c2c1=O. The summed E-state index contributed by atoms with van der Waals surface area (Å²) in [4.78, 5) is 26.6. The lowest BCUT2D eigenvalue weighted by atomic mass is 10.1. The Hall–Kier alpha value is -2.89. The summed E-state index contributed by atoms with van der Waals surface area (Å²) in [6.07, 6.45) is -3.83. The zero-order valence-corrected chi connectivity index (χ0v) is 12.6. The van der Waals surface area contributed by atoms with E-state index in [2.05, 4.69) is 15.2 Å². The van der Waals surface area contributed by atoms with E-state index in [0.717, 1.165) is 12.3 Å². The van der Waals surface area contributed by atoms with Gasteiger partial charge in [0.15, 0.2) is 0 Å². The first kappa shape index (κ1) is 17.0. The van der Waals surface area contributed by atoms with Gasteiger partial charge in [-0.2, -0.15) is 13.2 Å². The Morgan fingerprint density at radius 1 is 1.20 bits per heavy atom. The maximum Gasteiger partial charge on any atom is 0.445 e. The Labute approximate surface area is 138 Å². The Balaban J connectivity index is 1.97. The lowest BCUT2D eigenvalue weighted by molar-refractivity contribution is -0.138. The maximum absolute atomic E-state index is 13.8. The molecule has 130 valence electrons. The summed E-state index contributed by atoms with van der Waals surface area (Å²) in [5.41, 5.74) is -1.81. The third-order valence-corrected chi connectivity index (χ3v) is 3.91. The smallest absolute Gasteiger partial charge is 0.360 e. The van der Waals surface area contributed by atoms with Gasteiger partial charge in [0.2, 0.25) is 15.6 Å². The highest BCUT2D eigenvalue weighted by Crippen LogP contribution is 2.33. The van der Waals surface area contributed by atoms with Gasteiger partial charge in [0, 0.05) is 12.3 Å². The molecule has 12 heteroatoms. The van der Waals surface area contributed by atoms with Gasteiger partial charge in [0.1, 0.15) is 17.2 Å². The van der Waals surface area contributed by atoms with E-state index < -0.39 is 50.2 Å². The average molecular weight is 376 g/mol. The van der Waals surface area contributed by atoms with Crippen molar-refractivity contribution in [3.63, 3.8) is 0 Å². The molecule has 0 saturated heterocycles. The van der Waals surface area contributed by atoms with Crippen molar-refractivity contribution in [2.24, 2.45) is 0 Å². The molecule has 25 heavy (non-hydrogen) atoms. The van der Waals surface area contributed by atoms with Crippen LogP contribution >= 0.6 is 11.3 Å². The van der Waals surface area contributed by atoms with Gasteiger partial charge >= 0.3 is 6.18 Å². The molecule has 0 aliphatic carbocycles. The van der Waals surface area contributed by atoms with E-state index in [9.17, 15) is 31.5 Å². The molecule has 0 saturated carbocycles. The molecule has 6 nitrogen and oxygen atoms in total. The summed E-state index contributed by atoms with van der Waals surface area (Å²) in [5, 5.41) is 5.67. The summed E-state index contributed by atoms with van der Waals surface area (Å²) < 4.78 is 64.2. The first-order valence-electron chi connectivity index (χ1n) is 6.39. The Morgan fingerprint density at radius 3 is 2.56 bits per heavy atom. The molecule has 0 spiro atoms. The van der Waals surface area contributed by atoms with E-state index in [0.29, 0.717) is 6.07 Å². The van der Waals surface area contributed by atoms with Crippen LogP contribution in [-0.2, 0) is 6.18 Å². The molecule has 0 bridgehead atoms. The predicted octanol–water partition coefficient (Wildman–Crippen LogP) is 2.93. The van der Waals surface area contributed by atoms with Crippen LogP contribution in [0.5, 0.6) is 0 Å². The number of aromatic amines is 1. The zero-order chi connectivity index (χ0) is 18.4. The number of carbonyl (C=O) groups is 1. The minimum Gasteiger partial charge on any atom is -0.360 e. The van der Waals surface area contributed by atoms with E-state index in [1.807, 2.05) is 5.32 Å². The minimum atomic E-state index is -4.73. The number of H-pyrrole nitrogens is 1. The number of aromatic nitrogens is 3. The summed E-state index contributed by atoms with van der Waals surface area (Å²) in [5.74, 6) is -3.22. The Bertz CT molecular complexity index is 1040. The molecular formula is C13H5F5N4O2S. The highest BCUT2D eigenvalue weighted by atomic mass is 32.1. The number of hydrogen-bond acceptors (Lipinski definition) is 5. The quantitative estimate of drug-likeness (QED) is 0.674. The van der Waals surface area contributed by atoms with Crippen LogP contribution in [0, 0.1) is 11.6 Å². The fourth-order valence-corrected chi connectivity index (χ4v) is 2.60. The Morgan fingerprint density at radius 2 is 1.92 bits per heavy atom. The molecule has 0 radical (unpaired) electrons. The fraction of sp³-hybridized carbons (Fsp3) is 0.0769. The molecule has 2 N–H and O–H groups in total. The zero-order valence-electron chi connectivity index (χ0n) is 11.7. The largest absolute Gasteiger partial charge is 0.445 e. The topological polar surface area (TPSA) is 87.7 Å². The van der Waals surface area contributed by atoms with Crippen LogP contribution in [0.1, 0.15) is 15.4 Å². The summed E-state index contributed by atoms with van der Waals surface area (Å²) in [7, 11) is 0. The van der Waals surface area contributed by atoms with Gasteiger partial charge in [-0.3, -0.25) is 14.9 Å². The number of hydrogen-bond donors (Lipinski definition) is 2. The number of nitrogens with zero attached hydrogens (tertiary/aromatic N) is 2. The lowest BCUT2D eigenvalue weighted by Gasteiger charge is -2.04. The molecular weight excluding hydrogens is 371 g/mol. The van der Waals surface area contributed by atoms with E-state index in [1.54, 1.807) is 0 Å². The number of alkyl halides is 3. The van der Waals surface area contributed by atoms with Crippen LogP contribution in [0.25, 0.3) is 10.9 Å². The van der Waals surface area contributed by atoms with E-state index >= 15 is 0 Å². The van der Waals surface area contributed by atoms with Gasteiger partial charge < -0.3 is 4.98 Å². The van der Waals surface area contributed by atoms with Gasteiger partial charge in [-0.05, 0) is 6.07 Å². The van der Waals surface area contributed by atoms with Crippen LogP contribution in [-0.4, -0.2) is 21.1 Å². The van der Waals surface area contributed by atoms with E-state index in [4.69, 9.17) is 0 Å². The predicted molar refractivity (Wildman–Crippen MR) is 77.3 cm³/mol. The van der Waals surface area contributed by atoms with Crippen molar-refractivity contribution in [3.8, 4) is 0 Å². The third kappa shape index (κ3) is 3.20. The van der Waals surface area contributed by atoms with Gasteiger partial charge in [-0.1, -0.05) is 11.3 Å². The van der Waals surface area contributed by atoms with Crippen LogP contribution < -0.4 is 10.7 Å². The first-order valence-corrected chi connectivity index (χ1v) is 7.21. The Kier molecular flexibility index (Phi) is 3.99. The van der Waals surface area contributed by atoms with Crippen molar-refractivity contribution < 1.29 is 26.7 Å². The van der Waals surface area contributed by atoms with Gasteiger partial charge in [0.05, 0.1) is 10.9 Å². The van der Waals surface area contributed by atoms with E-state index in [-0.39, 0.29) is 16.9 Å². The van der Waals surface area contributed by atoms with Crippen LogP contribution in [0.2, 0.25) is 0 Å². The molecule has 0 atom stereocenters. The number of halogens is 5. The molecule has 0 unspecified atom stereocenters. The van der Waals surface area contributed by atoms with Crippen molar-refractivity contribution in [3.05, 3.63) is 50.8 Å². The van der Waals surface area contributed by atoms with Gasteiger partial charge in [-0.15, -0.1) is 10.2 Å². The molecule has 0 aliphatic heterocycles. The van der Waals surface area contributed by atoms with Crippen molar-refractivity contribution >= 4 is 33.3 Å². The number of pyridine rings is 1. The normalized spacial score (nSPS) is 11.7. The molecule has 1 aromatic carbocycles. The number of fused-ring (bicyclic) bond motifs is 1. The van der Waals surface area contributed by atoms with Crippen molar-refractivity contribution in [2.45, 2.75) is 6.18 Å². The lowest BCUT2D eigenvalue weighted by Crippen LogP contribution is -2.22. The molecule has 0 fully saturated rings. The molecule has 1 amide bonds. The number of carbonyl (C=O) groups excluding carboxylic acids is 1. The molecule has 3 aromatic rings. The second-order valence-electron chi connectivity index (χ2n) is 4.71. The molecule has 2 heterocycles. The maximum atomic E-state index is 13.8. The van der Waals surface area contributed by atoms with E-state index in [1.165, 1.54) is 0 Å². The monoisotopic (exact) mass is 376 g/mol. The number of rotatable bonds is 2. The van der Waals surface area contributed by atoms with Gasteiger partial charge in [-0.25, -0.2) is 8.78 Å². The minimum absolute atomic E-state index is 0.0623. The number of nitrogens with one attached hydrogen (secondary N) is 2. The fourth-order valence-electron chi connectivity index (χ4n) is 1.99. The summed E-state index contributed by atoms with van der Waals surface area (Å²) in [6, 6.07) is 1.33. The summed E-state index contributed by atoms with van der Waals surface area (Å²) >= 11 is 0.0623.